The Morgan fingerprint density at radius 2 is 1.61 bits per heavy atom. The highest BCUT2D eigenvalue weighted by Crippen LogP contribution is 2.15. The van der Waals surface area contributed by atoms with Crippen LogP contribution in [0.5, 0.6) is 0 Å². The van der Waals surface area contributed by atoms with Crippen LogP contribution >= 0.6 is 24.0 Å². The molecule has 9 heteroatoms. The maximum absolute atomic E-state index is 12.2. The van der Waals surface area contributed by atoms with Gasteiger partial charge in [0.2, 0.25) is 0 Å². The molecule has 2 aliphatic rings. The molecule has 174 valence electrons. The van der Waals surface area contributed by atoms with Crippen LogP contribution in [-0.4, -0.2) is 84.8 Å². The Morgan fingerprint density at radius 1 is 1.03 bits per heavy atom. The lowest BCUT2D eigenvalue weighted by Crippen LogP contribution is -2.53. The summed E-state index contributed by atoms with van der Waals surface area (Å²) in [7, 11) is 0. The number of rotatable bonds is 4. The normalized spacial score (nSPS) is 18.5. The molecule has 1 aromatic rings. The van der Waals surface area contributed by atoms with Gasteiger partial charge in [-0.2, -0.15) is 0 Å². The van der Waals surface area contributed by atoms with Gasteiger partial charge in [0.25, 0.3) is 0 Å². The van der Waals surface area contributed by atoms with Crippen molar-refractivity contribution in [1.29, 1.82) is 0 Å². The van der Waals surface area contributed by atoms with Gasteiger partial charge in [-0.1, -0.05) is 24.3 Å². The Kier molecular flexibility index (Phi) is 9.83. The molecule has 3 rings (SSSR count). The Labute approximate surface area is 202 Å². The van der Waals surface area contributed by atoms with E-state index in [1.165, 1.54) is 11.1 Å². The topological polar surface area (TPSA) is 83.6 Å². The number of carbonyl (C=O) groups excluding carboxylic acids is 1. The van der Waals surface area contributed by atoms with E-state index in [2.05, 4.69) is 28.1 Å². The molecular formula is C22H36IN5O3. The predicted octanol–water partition coefficient (Wildman–Crippen LogP) is 2.50. The number of amides is 1. The number of aliphatic imine (C=N–C) groups is 1. The van der Waals surface area contributed by atoms with Crippen molar-refractivity contribution in [3.8, 4) is 0 Å². The van der Waals surface area contributed by atoms with Crippen molar-refractivity contribution in [3.63, 3.8) is 0 Å². The molecule has 0 aromatic heterocycles. The van der Waals surface area contributed by atoms with E-state index in [1.54, 1.807) is 4.90 Å². The zero-order chi connectivity index (χ0) is 21.6. The quantitative estimate of drug-likeness (QED) is 0.356. The third-order valence-electron chi connectivity index (χ3n) is 5.28. The van der Waals surface area contributed by atoms with Crippen LogP contribution in [0.4, 0.5) is 4.79 Å². The molecule has 0 atom stereocenters. The van der Waals surface area contributed by atoms with Gasteiger partial charge >= 0.3 is 6.09 Å². The number of morpholine rings is 1. The minimum absolute atomic E-state index is 0. The largest absolute Gasteiger partial charge is 0.444 e. The second-order valence-corrected chi connectivity index (χ2v) is 8.79. The van der Waals surface area contributed by atoms with Crippen LogP contribution in [0.15, 0.2) is 29.3 Å². The zero-order valence-electron chi connectivity index (χ0n) is 18.9. The summed E-state index contributed by atoms with van der Waals surface area (Å²) in [5, 5.41) is 0. The molecule has 2 fully saturated rings. The fourth-order valence-corrected chi connectivity index (χ4v) is 3.58. The number of ether oxygens (including phenoxy) is 2. The van der Waals surface area contributed by atoms with E-state index in [9.17, 15) is 4.79 Å². The van der Waals surface area contributed by atoms with Gasteiger partial charge in [-0.15, -0.1) is 24.0 Å². The average Bonchev–Trinajstić information content (AvgIpc) is 2.72. The van der Waals surface area contributed by atoms with Gasteiger partial charge in [0, 0.05) is 45.8 Å². The number of piperazine rings is 1. The molecule has 8 nitrogen and oxygen atoms in total. The fraction of sp³-hybridized carbons (Fsp3) is 0.636. The van der Waals surface area contributed by atoms with E-state index in [-0.39, 0.29) is 30.1 Å². The minimum Gasteiger partial charge on any atom is -0.444 e. The molecule has 0 bridgehead atoms. The van der Waals surface area contributed by atoms with E-state index in [4.69, 9.17) is 15.2 Å². The predicted molar refractivity (Wildman–Crippen MR) is 133 cm³/mol. The van der Waals surface area contributed by atoms with Crippen molar-refractivity contribution >= 4 is 36.0 Å². The number of nitrogens with zero attached hydrogens (tertiary/aromatic N) is 4. The second kappa shape index (κ2) is 11.9. The smallest absolute Gasteiger partial charge is 0.410 e. The van der Waals surface area contributed by atoms with Crippen molar-refractivity contribution in [2.45, 2.75) is 39.5 Å². The molecule has 2 aliphatic heterocycles. The summed E-state index contributed by atoms with van der Waals surface area (Å²) >= 11 is 0. The van der Waals surface area contributed by atoms with Crippen LogP contribution in [0.1, 0.15) is 31.9 Å². The summed E-state index contributed by atoms with van der Waals surface area (Å²) in [6.07, 6.45) is -0.269. The summed E-state index contributed by atoms with van der Waals surface area (Å²) < 4.78 is 10.9. The van der Waals surface area contributed by atoms with Crippen LogP contribution in [0, 0.1) is 0 Å². The molecule has 0 spiro atoms. The number of hydrogen-bond acceptors (Lipinski definition) is 5. The lowest BCUT2D eigenvalue weighted by atomic mass is 10.1. The highest BCUT2D eigenvalue weighted by Gasteiger charge is 2.26. The number of guanidine groups is 1. The molecule has 31 heavy (non-hydrogen) atoms. The van der Waals surface area contributed by atoms with E-state index in [0.717, 1.165) is 32.8 Å². The van der Waals surface area contributed by atoms with Crippen LogP contribution in [-0.2, 0) is 22.6 Å². The molecule has 1 aromatic carbocycles. The monoisotopic (exact) mass is 545 g/mol. The van der Waals surface area contributed by atoms with Gasteiger partial charge in [-0.3, -0.25) is 4.90 Å². The van der Waals surface area contributed by atoms with E-state index in [0.29, 0.717) is 38.7 Å². The zero-order valence-corrected chi connectivity index (χ0v) is 21.2. The summed E-state index contributed by atoms with van der Waals surface area (Å²) in [4.78, 5) is 23.0. The number of benzene rings is 1. The van der Waals surface area contributed by atoms with Gasteiger partial charge < -0.3 is 25.0 Å². The average molecular weight is 545 g/mol. The second-order valence-electron chi connectivity index (χ2n) is 8.79. The van der Waals surface area contributed by atoms with Gasteiger partial charge in [0.15, 0.2) is 5.96 Å². The van der Waals surface area contributed by atoms with Crippen molar-refractivity contribution in [3.05, 3.63) is 35.4 Å². The maximum Gasteiger partial charge on any atom is 0.410 e. The third kappa shape index (κ3) is 8.12. The SMILES string of the molecule is CC(C)(C)OC(=O)N1CCN(C(N)=NCc2ccccc2CN2CCOCC2)CC1.I. The maximum atomic E-state index is 12.2. The summed E-state index contributed by atoms with van der Waals surface area (Å²) in [6.45, 7) is 13.1. The first-order valence-electron chi connectivity index (χ1n) is 10.7. The van der Waals surface area contributed by atoms with Crippen LogP contribution in [0.2, 0.25) is 0 Å². The van der Waals surface area contributed by atoms with Crippen LogP contribution in [0.25, 0.3) is 0 Å². The van der Waals surface area contributed by atoms with Gasteiger partial charge in [0.1, 0.15) is 5.60 Å². The Balaban J connectivity index is 0.00000341. The number of halogens is 1. The van der Waals surface area contributed by atoms with Crippen molar-refractivity contribution < 1.29 is 14.3 Å². The first kappa shape index (κ1) is 25.7. The van der Waals surface area contributed by atoms with E-state index in [1.807, 2.05) is 31.7 Å². The Hall–Kier alpha value is -1.59. The molecule has 2 heterocycles. The van der Waals surface area contributed by atoms with Gasteiger partial charge in [0.05, 0.1) is 19.8 Å². The lowest BCUT2D eigenvalue weighted by molar-refractivity contribution is 0.0186. The van der Waals surface area contributed by atoms with Crippen LogP contribution in [0.3, 0.4) is 0 Å². The first-order valence-corrected chi connectivity index (χ1v) is 10.7. The summed E-state index contributed by atoms with van der Waals surface area (Å²) in [5.41, 5.74) is 8.26. The molecule has 1 amide bonds. The molecule has 0 aliphatic carbocycles. The lowest BCUT2D eigenvalue weighted by Gasteiger charge is -2.36. The molecule has 0 radical (unpaired) electrons. The third-order valence-corrected chi connectivity index (χ3v) is 5.28. The number of carbonyl (C=O) groups is 1. The van der Waals surface area contributed by atoms with Crippen molar-refractivity contribution in [2.75, 3.05) is 52.5 Å². The van der Waals surface area contributed by atoms with E-state index >= 15 is 0 Å². The van der Waals surface area contributed by atoms with Crippen molar-refractivity contribution in [2.24, 2.45) is 10.7 Å². The highest BCUT2D eigenvalue weighted by molar-refractivity contribution is 14.0. The minimum atomic E-state index is -0.483. The number of nitrogens with two attached hydrogens (primary N) is 1. The molecular weight excluding hydrogens is 509 g/mol. The summed E-state index contributed by atoms with van der Waals surface area (Å²) in [5.74, 6) is 0.528. The molecule has 2 saturated heterocycles. The first-order chi connectivity index (χ1) is 14.3. The van der Waals surface area contributed by atoms with Gasteiger partial charge in [-0.25, -0.2) is 9.79 Å². The summed E-state index contributed by atoms with van der Waals surface area (Å²) in [6, 6.07) is 8.40. The fourth-order valence-electron chi connectivity index (χ4n) is 3.58. The van der Waals surface area contributed by atoms with Crippen LogP contribution < -0.4 is 5.73 Å². The van der Waals surface area contributed by atoms with E-state index < -0.39 is 5.60 Å². The molecule has 0 unspecified atom stereocenters. The van der Waals surface area contributed by atoms with Gasteiger partial charge in [-0.05, 0) is 31.9 Å². The highest BCUT2D eigenvalue weighted by atomic mass is 127. The van der Waals surface area contributed by atoms with Crippen molar-refractivity contribution in [1.82, 2.24) is 14.7 Å². The Bertz CT molecular complexity index is 739. The standard InChI is InChI=1S/C22H35N5O3.HI/c1-22(2,3)30-21(28)27-10-8-26(9-11-27)20(23)24-16-18-6-4-5-7-19(18)17-25-12-14-29-15-13-25;/h4-7H,8-17H2,1-3H3,(H2,23,24);1H. The molecule has 2 N–H and O–H groups in total. The number of hydrogen-bond donors (Lipinski definition) is 1. The molecule has 0 saturated carbocycles. The Morgan fingerprint density at radius 3 is 2.23 bits per heavy atom.